The summed E-state index contributed by atoms with van der Waals surface area (Å²) in [4.78, 5) is 0. The first kappa shape index (κ1) is 18.8. The van der Waals surface area contributed by atoms with Crippen LogP contribution in [0.3, 0.4) is 0 Å². The molecule has 0 unspecified atom stereocenters. The van der Waals surface area contributed by atoms with Crippen LogP contribution in [0.4, 0.5) is 0 Å². The fourth-order valence-corrected chi connectivity index (χ4v) is 1.39. The predicted molar refractivity (Wildman–Crippen MR) is 76.7 cm³/mol. The van der Waals surface area contributed by atoms with Crippen LogP contribution >= 0.6 is 0 Å². The van der Waals surface area contributed by atoms with Crippen molar-refractivity contribution in [2.45, 2.75) is 32.8 Å². The molecule has 19 heavy (non-hydrogen) atoms. The Kier molecular flexibility index (Phi) is 15.7. The first-order valence-electron chi connectivity index (χ1n) is 7.24. The van der Waals surface area contributed by atoms with Crippen LogP contribution in [-0.2, 0) is 18.9 Å². The van der Waals surface area contributed by atoms with Gasteiger partial charge in [-0.25, -0.2) is 0 Å². The minimum absolute atomic E-state index is 0.328. The van der Waals surface area contributed by atoms with Gasteiger partial charge in [-0.1, -0.05) is 0 Å². The standard InChI is InChI=1S/C14H31NO4/c1-14(2)19-10-4-6-15-7-11-17-8-5-9-18-13-12-16-3/h14-15H,4-13H2,1-3H3. The number of methoxy groups -OCH3 is 1. The summed E-state index contributed by atoms with van der Waals surface area (Å²) in [5, 5.41) is 3.33. The molecule has 0 aromatic rings. The third-order valence-electron chi connectivity index (χ3n) is 2.38. The van der Waals surface area contributed by atoms with Crippen molar-refractivity contribution in [3.63, 3.8) is 0 Å². The largest absolute Gasteiger partial charge is 0.382 e. The van der Waals surface area contributed by atoms with Crippen molar-refractivity contribution in [2.24, 2.45) is 0 Å². The molecule has 1 N–H and O–H groups in total. The minimum atomic E-state index is 0.328. The van der Waals surface area contributed by atoms with E-state index < -0.39 is 0 Å². The lowest BCUT2D eigenvalue weighted by atomic mass is 10.4. The van der Waals surface area contributed by atoms with E-state index in [1.54, 1.807) is 7.11 Å². The average molecular weight is 277 g/mol. The van der Waals surface area contributed by atoms with Gasteiger partial charge in [-0.2, -0.15) is 0 Å². The Hall–Kier alpha value is -0.200. The van der Waals surface area contributed by atoms with Crippen LogP contribution in [0.15, 0.2) is 0 Å². The number of rotatable bonds is 15. The highest BCUT2D eigenvalue weighted by atomic mass is 16.5. The van der Waals surface area contributed by atoms with Crippen molar-refractivity contribution in [2.75, 3.05) is 59.8 Å². The lowest BCUT2D eigenvalue weighted by Gasteiger charge is -2.08. The molecule has 0 rings (SSSR count). The maximum Gasteiger partial charge on any atom is 0.0700 e. The molecule has 0 heterocycles. The molecule has 0 fully saturated rings. The van der Waals surface area contributed by atoms with Gasteiger partial charge in [-0.05, 0) is 33.2 Å². The Bertz CT molecular complexity index is 168. The van der Waals surface area contributed by atoms with E-state index in [1.165, 1.54) is 0 Å². The molecule has 0 aromatic heterocycles. The first-order chi connectivity index (χ1) is 9.27. The average Bonchev–Trinajstić information content (AvgIpc) is 2.39. The van der Waals surface area contributed by atoms with Gasteiger partial charge in [0.15, 0.2) is 0 Å². The third-order valence-corrected chi connectivity index (χ3v) is 2.38. The van der Waals surface area contributed by atoms with E-state index in [0.717, 1.165) is 52.4 Å². The first-order valence-corrected chi connectivity index (χ1v) is 7.24. The van der Waals surface area contributed by atoms with Crippen LogP contribution in [0, 0.1) is 0 Å². The summed E-state index contributed by atoms with van der Waals surface area (Å²) in [6, 6.07) is 0. The molecular weight excluding hydrogens is 246 g/mol. The molecule has 0 amide bonds. The molecule has 0 aliphatic carbocycles. The number of ether oxygens (including phenoxy) is 4. The minimum Gasteiger partial charge on any atom is -0.382 e. The van der Waals surface area contributed by atoms with Crippen LogP contribution in [0.25, 0.3) is 0 Å². The zero-order chi connectivity index (χ0) is 14.2. The van der Waals surface area contributed by atoms with E-state index in [9.17, 15) is 0 Å². The maximum absolute atomic E-state index is 5.48. The molecule has 116 valence electrons. The lowest BCUT2D eigenvalue weighted by Crippen LogP contribution is -2.22. The Labute approximate surface area is 117 Å². The number of hydrogen-bond donors (Lipinski definition) is 1. The van der Waals surface area contributed by atoms with E-state index in [-0.39, 0.29) is 0 Å². The van der Waals surface area contributed by atoms with Gasteiger partial charge in [0, 0.05) is 33.5 Å². The van der Waals surface area contributed by atoms with E-state index in [0.29, 0.717) is 19.3 Å². The van der Waals surface area contributed by atoms with E-state index in [1.807, 2.05) is 0 Å². The molecule has 0 atom stereocenters. The monoisotopic (exact) mass is 277 g/mol. The van der Waals surface area contributed by atoms with Crippen LogP contribution in [0.2, 0.25) is 0 Å². The fraction of sp³-hybridized carbons (Fsp3) is 1.00. The summed E-state index contributed by atoms with van der Waals surface area (Å²) >= 11 is 0. The number of hydrogen-bond acceptors (Lipinski definition) is 5. The van der Waals surface area contributed by atoms with Crippen molar-refractivity contribution in [1.29, 1.82) is 0 Å². The summed E-state index contributed by atoms with van der Waals surface area (Å²) in [5.74, 6) is 0. The van der Waals surface area contributed by atoms with Crippen molar-refractivity contribution in [1.82, 2.24) is 5.32 Å². The highest BCUT2D eigenvalue weighted by Crippen LogP contribution is 1.89. The lowest BCUT2D eigenvalue weighted by molar-refractivity contribution is 0.0515. The van der Waals surface area contributed by atoms with Gasteiger partial charge in [-0.15, -0.1) is 0 Å². The van der Waals surface area contributed by atoms with Crippen molar-refractivity contribution in [3.05, 3.63) is 0 Å². The summed E-state index contributed by atoms with van der Waals surface area (Å²) in [6.45, 7) is 10.4. The van der Waals surface area contributed by atoms with Gasteiger partial charge in [0.05, 0.1) is 25.9 Å². The SMILES string of the molecule is COCCOCCCOCCNCCCOC(C)C. The normalized spacial score (nSPS) is 11.4. The van der Waals surface area contributed by atoms with Crippen molar-refractivity contribution < 1.29 is 18.9 Å². The van der Waals surface area contributed by atoms with Crippen molar-refractivity contribution >= 4 is 0 Å². The maximum atomic E-state index is 5.48. The van der Waals surface area contributed by atoms with Gasteiger partial charge in [0.2, 0.25) is 0 Å². The Morgan fingerprint density at radius 1 is 0.789 bits per heavy atom. The molecule has 0 saturated heterocycles. The zero-order valence-corrected chi connectivity index (χ0v) is 12.8. The quantitative estimate of drug-likeness (QED) is 0.459. The van der Waals surface area contributed by atoms with E-state index in [4.69, 9.17) is 18.9 Å². The van der Waals surface area contributed by atoms with Gasteiger partial charge in [-0.3, -0.25) is 0 Å². The molecule has 0 bridgehead atoms. The zero-order valence-electron chi connectivity index (χ0n) is 12.8. The molecule has 0 aromatic carbocycles. The smallest absolute Gasteiger partial charge is 0.0700 e. The summed E-state index contributed by atoms with van der Waals surface area (Å²) in [5.41, 5.74) is 0. The second kappa shape index (κ2) is 15.9. The molecule has 0 aliphatic heterocycles. The van der Waals surface area contributed by atoms with Gasteiger partial charge >= 0.3 is 0 Å². The Balaban J connectivity index is 2.91. The summed E-state index contributed by atoms with van der Waals surface area (Å²) in [6.07, 6.45) is 2.31. The molecular formula is C14H31NO4. The topological polar surface area (TPSA) is 49.0 Å². The van der Waals surface area contributed by atoms with Crippen LogP contribution < -0.4 is 5.32 Å². The van der Waals surface area contributed by atoms with Crippen LogP contribution in [-0.4, -0.2) is 65.9 Å². The van der Waals surface area contributed by atoms with Crippen molar-refractivity contribution in [3.8, 4) is 0 Å². The molecule has 0 saturated carbocycles. The molecule has 0 aliphatic rings. The highest BCUT2D eigenvalue weighted by molar-refractivity contribution is 4.47. The van der Waals surface area contributed by atoms with E-state index in [2.05, 4.69) is 19.2 Å². The predicted octanol–water partition coefficient (Wildman–Crippen LogP) is 1.46. The molecule has 0 radical (unpaired) electrons. The summed E-state index contributed by atoms with van der Waals surface area (Å²) < 4.78 is 21.1. The van der Waals surface area contributed by atoms with E-state index >= 15 is 0 Å². The highest BCUT2D eigenvalue weighted by Gasteiger charge is 1.94. The number of nitrogens with one attached hydrogen (secondary N) is 1. The van der Waals surface area contributed by atoms with Crippen LogP contribution in [0.5, 0.6) is 0 Å². The second-order valence-electron chi connectivity index (χ2n) is 4.59. The third kappa shape index (κ3) is 17.8. The molecule has 5 heteroatoms. The molecule has 0 spiro atoms. The van der Waals surface area contributed by atoms with Crippen LogP contribution in [0.1, 0.15) is 26.7 Å². The van der Waals surface area contributed by atoms with Gasteiger partial charge < -0.3 is 24.3 Å². The Morgan fingerprint density at radius 2 is 1.53 bits per heavy atom. The second-order valence-corrected chi connectivity index (χ2v) is 4.59. The molecule has 5 nitrogen and oxygen atoms in total. The fourth-order valence-electron chi connectivity index (χ4n) is 1.39. The van der Waals surface area contributed by atoms with Gasteiger partial charge in [0.25, 0.3) is 0 Å². The Morgan fingerprint density at radius 3 is 2.21 bits per heavy atom. The van der Waals surface area contributed by atoms with Gasteiger partial charge in [0.1, 0.15) is 0 Å². The summed E-state index contributed by atoms with van der Waals surface area (Å²) in [7, 11) is 1.68.